The van der Waals surface area contributed by atoms with Crippen molar-refractivity contribution in [3.05, 3.63) is 61.5 Å². The summed E-state index contributed by atoms with van der Waals surface area (Å²) >= 11 is 15.4. The first kappa shape index (κ1) is 21.2. The van der Waals surface area contributed by atoms with Gasteiger partial charge in [-0.3, -0.25) is 20.2 Å². The summed E-state index contributed by atoms with van der Waals surface area (Å²) in [6, 6.07) is 7.45. The zero-order valence-corrected chi connectivity index (χ0v) is 17.9. The first-order valence-corrected chi connectivity index (χ1v) is 9.66. The molecule has 29 heavy (non-hydrogen) atoms. The molecule has 1 aliphatic rings. The van der Waals surface area contributed by atoms with E-state index in [9.17, 15) is 14.4 Å². The van der Waals surface area contributed by atoms with E-state index in [1.54, 1.807) is 30.3 Å². The summed E-state index contributed by atoms with van der Waals surface area (Å²) in [5, 5.41) is 5.03. The van der Waals surface area contributed by atoms with Gasteiger partial charge in [-0.2, -0.15) is 0 Å². The molecule has 0 bridgehead atoms. The van der Waals surface area contributed by atoms with Gasteiger partial charge in [0.1, 0.15) is 12.2 Å². The molecular weight excluding hydrogens is 487 g/mol. The average molecular weight is 500 g/mol. The predicted octanol–water partition coefficient (Wildman–Crippen LogP) is 4.09. The molecule has 1 saturated heterocycles. The molecule has 10 heteroatoms. The fraction of sp³-hybridized carbons (Fsp3) is 0.105. The molecule has 0 radical (unpaired) electrons. The van der Waals surface area contributed by atoms with Crippen molar-refractivity contribution in [3.63, 3.8) is 0 Å². The molecule has 0 aliphatic carbocycles. The molecule has 1 aliphatic heterocycles. The molecule has 7 nitrogen and oxygen atoms in total. The molecule has 1 heterocycles. The summed E-state index contributed by atoms with van der Waals surface area (Å²) in [6.07, 6.45) is 1.34. The number of hydrogen-bond acceptors (Lipinski definition) is 5. The van der Waals surface area contributed by atoms with Gasteiger partial charge in [0, 0.05) is 20.1 Å². The van der Waals surface area contributed by atoms with Gasteiger partial charge >= 0.3 is 6.03 Å². The van der Waals surface area contributed by atoms with Crippen LogP contribution in [-0.2, 0) is 16.2 Å². The summed E-state index contributed by atoms with van der Waals surface area (Å²) in [5.74, 6) is -0.789. The molecule has 2 N–H and O–H groups in total. The maximum Gasteiger partial charge on any atom is 0.328 e. The third-order valence-electron chi connectivity index (χ3n) is 3.92. The highest BCUT2D eigenvalue weighted by molar-refractivity contribution is 9.10. The van der Waals surface area contributed by atoms with Gasteiger partial charge in [0.05, 0.1) is 7.11 Å². The van der Waals surface area contributed by atoms with Crippen molar-refractivity contribution in [1.82, 2.24) is 10.6 Å². The Morgan fingerprint density at radius 1 is 1.03 bits per heavy atom. The average Bonchev–Trinajstić information content (AvgIpc) is 2.65. The van der Waals surface area contributed by atoms with Crippen LogP contribution in [0.4, 0.5) is 4.79 Å². The van der Waals surface area contributed by atoms with Gasteiger partial charge in [0.25, 0.3) is 11.8 Å². The Labute approximate surface area is 184 Å². The second kappa shape index (κ2) is 8.86. The lowest BCUT2D eigenvalue weighted by molar-refractivity contribution is -0.123. The lowest BCUT2D eigenvalue weighted by Gasteiger charge is -2.16. The molecule has 0 aromatic heterocycles. The topological polar surface area (TPSA) is 93.7 Å². The van der Waals surface area contributed by atoms with Gasteiger partial charge in [0.15, 0.2) is 11.5 Å². The van der Waals surface area contributed by atoms with Crippen molar-refractivity contribution in [1.29, 1.82) is 0 Å². The van der Waals surface area contributed by atoms with Crippen LogP contribution in [0.3, 0.4) is 0 Å². The number of amides is 4. The van der Waals surface area contributed by atoms with Crippen molar-refractivity contribution in [2.45, 2.75) is 6.61 Å². The number of urea groups is 1. The van der Waals surface area contributed by atoms with Crippen LogP contribution < -0.4 is 20.1 Å². The third kappa shape index (κ3) is 4.90. The van der Waals surface area contributed by atoms with Crippen molar-refractivity contribution in [3.8, 4) is 11.5 Å². The minimum Gasteiger partial charge on any atom is -0.493 e. The molecule has 0 unspecified atom stereocenters. The van der Waals surface area contributed by atoms with Crippen LogP contribution in [0.2, 0.25) is 10.0 Å². The summed E-state index contributed by atoms with van der Waals surface area (Å²) in [5.41, 5.74) is 1.00. The number of ether oxygens (including phenoxy) is 2. The minimum absolute atomic E-state index is 0.173. The molecule has 4 amide bonds. The molecular formula is C19H13BrCl2N2O5. The Balaban J connectivity index is 1.87. The molecule has 0 spiro atoms. The zero-order valence-electron chi connectivity index (χ0n) is 14.8. The Morgan fingerprint density at radius 2 is 1.72 bits per heavy atom. The normalized spacial score (nSPS) is 13.7. The number of hydrogen-bond donors (Lipinski definition) is 2. The maximum atomic E-state index is 11.9. The van der Waals surface area contributed by atoms with E-state index in [2.05, 4.69) is 15.9 Å². The van der Waals surface area contributed by atoms with Crippen LogP contribution in [0.25, 0.3) is 6.08 Å². The zero-order chi connectivity index (χ0) is 21.1. The summed E-state index contributed by atoms with van der Waals surface area (Å²) in [7, 11) is 1.46. The van der Waals surface area contributed by atoms with E-state index in [-0.39, 0.29) is 12.2 Å². The summed E-state index contributed by atoms with van der Waals surface area (Å²) in [4.78, 5) is 35.0. The molecule has 2 aromatic carbocycles. The number of nitrogens with one attached hydrogen (secondary N) is 2. The van der Waals surface area contributed by atoms with Crippen LogP contribution in [-0.4, -0.2) is 25.0 Å². The smallest absolute Gasteiger partial charge is 0.328 e. The van der Waals surface area contributed by atoms with Crippen LogP contribution >= 0.6 is 39.1 Å². The number of methoxy groups -OCH3 is 1. The fourth-order valence-corrected chi connectivity index (χ4v) is 3.39. The van der Waals surface area contributed by atoms with Gasteiger partial charge in [-0.25, -0.2) is 4.79 Å². The highest BCUT2D eigenvalue weighted by atomic mass is 79.9. The molecule has 2 aromatic rings. The Hall–Kier alpha value is -2.55. The number of rotatable bonds is 5. The van der Waals surface area contributed by atoms with Crippen molar-refractivity contribution >= 4 is 63.1 Å². The molecule has 1 fully saturated rings. The van der Waals surface area contributed by atoms with Gasteiger partial charge < -0.3 is 9.47 Å². The quantitative estimate of drug-likeness (QED) is 0.477. The monoisotopic (exact) mass is 498 g/mol. The van der Waals surface area contributed by atoms with Crippen LogP contribution in [0.15, 0.2) is 40.4 Å². The predicted molar refractivity (Wildman–Crippen MR) is 111 cm³/mol. The second-order valence-corrected chi connectivity index (χ2v) is 7.54. The van der Waals surface area contributed by atoms with E-state index in [0.29, 0.717) is 31.6 Å². The van der Waals surface area contributed by atoms with Crippen molar-refractivity contribution < 1.29 is 23.9 Å². The first-order chi connectivity index (χ1) is 13.8. The second-order valence-electron chi connectivity index (χ2n) is 5.84. The number of carbonyl (C=O) groups is 3. The van der Waals surface area contributed by atoms with E-state index >= 15 is 0 Å². The highest BCUT2D eigenvalue weighted by Crippen LogP contribution is 2.35. The van der Waals surface area contributed by atoms with Crippen LogP contribution in [0.1, 0.15) is 11.1 Å². The number of halogens is 3. The Bertz CT molecular complexity index is 1030. The van der Waals surface area contributed by atoms with E-state index in [1.807, 2.05) is 10.6 Å². The van der Waals surface area contributed by atoms with E-state index in [1.165, 1.54) is 13.2 Å². The maximum absolute atomic E-state index is 11.9. The summed E-state index contributed by atoms with van der Waals surface area (Å²) in [6.45, 7) is 0.173. The lowest BCUT2D eigenvalue weighted by atomic mass is 10.1. The van der Waals surface area contributed by atoms with Gasteiger partial charge in [-0.1, -0.05) is 45.2 Å². The lowest BCUT2D eigenvalue weighted by Crippen LogP contribution is -2.51. The summed E-state index contributed by atoms with van der Waals surface area (Å²) < 4.78 is 11.7. The molecule has 0 atom stereocenters. The molecule has 150 valence electrons. The standard InChI is InChI=1S/C19H13BrCl2N2O5/c1-28-15-5-10(4-12-17(25)23-19(27)24-18(12)26)13(20)7-16(15)29-8-9-2-3-11(21)6-14(9)22/h2-7H,8H2,1H3,(H2,23,24,25,26,27). The van der Waals surface area contributed by atoms with Crippen molar-refractivity contribution in [2.75, 3.05) is 7.11 Å². The SMILES string of the molecule is COc1cc(C=C2C(=O)NC(=O)NC2=O)c(Br)cc1OCc1ccc(Cl)cc1Cl. The highest BCUT2D eigenvalue weighted by Gasteiger charge is 2.28. The number of barbiturate groups is 1. The van der Waals surface area contributed by atoms with Crippen LogP contribution in [0, 0.1) is 0 Å². The van der Waals surface area contributed by atoms with E-state index in [4.69, 9.17) is 32.7 Å². The van der Waals surface area contributed by atoms with Crippen LogP contribution in [0.5, 0.6) is 11.5 Å². The van der Waals surface area contributed by atoms with Gasteiger partial charge in [0.2, 0.25) is 0 Å². The third-order valence-corrected chi connectivity index (χ3v) is 5.20. The fourth-order valence-electron chi connectivity index (χ4n) is 2.49. The first-order valence-electron chi connectivity index (χ1n) is 8.11. The van der Waals surface area contributed by atoms with Gasteiger partial charge in [-0.05, 0) is 35.9 Å². The Kier molecular flexibility index (Phi) is 6.46. The van der Waals surface area contributed by atoms with Gasteiger partial charge in [-0.15, -0.1) is 0 Å². The van der Waals surface area contributed by atoms with Crippen molar-refractivity contribution in [2.24, 2.45) is 0 Å². The largest absolute Gasteiger partial charge is 0.493 e. The molecule has 3 rings (SSSR count). The Morgan fingerprint density at radius 3 is 2.34 bits per heavy atom. The van der Waals surface area contributed by atoms with E-state index < -0.39 is 17.8 Å². The minimum atomic E-state index is -0.863. The number of imide groups is 2. The number of carbonyl (C=O) groups excluding carboxylic acids is 3. The number of benzene rings is 2. The molecule has 0 saturated carbocycles. The van der Waals surface area contributed by atoms with E-state index in [0.717, 1.165) is 5.56 Å².